The molecule has 290 valence electrons. The molecule has 2 atom stereocenters. The Morgan fingerprint density at radius 3 is 1.47 bits per heavy atom. The maximum Gasteiger partial charge on any atom is 0.472 e. The molecule has 0 heterocycles. The van der Waals surface area contributed by atoms with E-state index in [0.29, 0.717) is 12.8 Å². The quantitative estimate of drug-likeness (QED) is 0.0277. The monoisotopic (exact) mass is 718 g/mol. The zero-order valence-electron chi connectivity index (χ0n) is 31.7. The van der Waals surface area contributed by atoms with Crippen LogP contribution in [0.2, 0.25) is 0 Å². The fourth-order valence-corrected chi connectivity index (χ4v) is 6.39. The Balaban J connectivity index is 4.19. The summed E-state index contributed by atoms with van der Waals surface area (Å²) in [4.78, 5) is 34.7. The molecule has 0 bridgehead atoms. The van der Waals surface area contributed by atoms with Gasteiger partial charge in [-0.1, -0.05) is 154 Å². The van der Waals surface area contributed by atoms with Crippen LogP contribution in [0.15, 0.2) is 12.2 Å². The van der Waals surface area contributed by atoms with Crippen LogP contribution in [0.3, 0.4) is 0 Å². The summed E-state index contributed by atoms with van der Waals surface area (Å²) in [5.41, 5.74) is 5.33. The molecule has 0 spiro atoms. The standard InChI is InChI=1S/C39H76NO8P/c1-3-5-7-9-11-13-15-17-18-20-21-23-25-27-29-31-38(41)45-35-37(36-47-49(43,44)46-34-33-40)48-39(42)32-30-28-26-24-22-19-16-14-12-10-8-6-4-2/h20-21,37H,3-19,22-36,40H2,1-2H3,(H,43,44)/b21-20+/t37-/m1/s1. The number of nitrogens with two attached hydrogens (primary N) is 1. The maximum absolute atomic E-state index is 12.5. The van der Waals surface area contributed by atoms with Crippen LogP contribution in [0.4, 0.5) is 0 Å². The van der Waals surface area contributed by atoms with Gasteiger partial charge in [-0.25, -0.2) is 4.57 Å². The molecule has 0 radical (unpaired) electrons. The lowest BCUT2D eigenvalue weighted by Gasteiger charge is -2.19. The second kappa shape index (κ2) is 36.5. The summed E-state index contributed by atoms with van der Waals surface area (Å²) in [5, 5.41) is 0. The molecule has 0 saturated carbocycles. The second-order valence-electron chi connectivity index (χ2n) is 13.5. The van der Waals surface area contributed by atoms with Gasteiger partial charge in [0.15, 0.2) is 6.10 Å². The first-order valence-corrected chi connectivity index (χ1v) is 21.7. The maximum atomic E-state index is 12.5. The van der Waals surface area contributed by atoms with Gasteiger partial charge in [0.25, 0.3) is 0 Å². The summed E-state index contributed by atoms with van der Waals surface area (Å²) >= 11 is 0. The van der Waals surface area contributed by atoms with E-state index >= 15 is 0 Å². The van der Waals surface area contributed by atoms with Gasteiger partial charge in [-0.3, -0.25) is 18.6 Å². The Morgan fingerprint density at radius 2 is 1.00 bits per heavy atom. The molecule has 49 heavy (non-hydrogen) atoms. The lowest BCUT2D eigenvalue weighted by Crippen LogP contribution is -2.29. The van der Waals surface area contributed by atoms with Crippen molar-refractivity contribution < 1.29 is 37.6 Å². The van der Waals surface area contributed by atoms with Crippen molar-refractivity contribution in [3.8, 4) is 0 Å². The number of hydrogen-bond acceptors (Lipinski definition) is 8. The molecule has 0 aromatic carbocycles. The van der Waals surface area contributed by atoms with E-state index in [4.69, 9.17) is 24.3 Å². The number of unbranched alkanes of at least 4 members (excludes halogenated alkanes) is 23. The fourth-order valence-electron chi connectivity index (χ4n) is 5.63. The Morgan fingerprint density at radius 1 is 0.592 bits per heavy atom. The highest BCUT2D eigenvalue weighted by Gasteiger charge is 2.26. The third kappa shape index (κ3) is 36.3. The summed E-state index contributed by atoms with van der Waals surface area (Å²) in [6, 6.07) is 0. The van der Waals surface area contributed by atoms with Crippen molar-refractivity contribution in [2.45, 2.75) is 200 Å². The number of carbonyl (C=O) groups excluding carboxylic acids is 2. The van der Waals surface area contributed by atoms with Crippen molar-refractivity contribution in [2.75, 3.05) is 26.4 Å². The summed E-state index contributed by atoms with van der Waals surface area (Å²) in [5.74, 6) is -0.840. The van der Waals surface area contributed by atoms with Gasteiger partial charge in [0.2, 0.25) is 0 Å². The molecule has 0 fully saturated rings. The van der Waals surface area contributed by atoms with Crippen LogP contribution in [0.1, 0.15) is 194 Å². The SMILES string of the molecule is CCCCCCCCCC/C=C/CCCCCC(=O)OC[C@H](COP(=O)(O)OCCN)OC(=O)CCCCCCCCCCCCCCC. The van der Waals surface area contributed by atoms with Crippen LogP contribution < -0.4 is 5.73 Å². The predicted octanol–water partition coefficient (Wildman–Crippen LogP) is 11.1. The second-order valence-corrected chi connectivity index (χ2v) is 15.0. The Hall–Kier alpha value is -1.25. The molecule has 0 amide bonds. The van der Waals surface area contributed by atoms with Crippen LogP contribution in [0, 0.1) is 0 Å². The average Bonchev–Trinajstić information content (AvgIpc) is 3.08. The van der Waals surface area contributed by atoms with Crippen LogP contribution in [0.25, 0.3) is 0 Å². The van der Waals surface area contributed by atoms with Gasteiger partial charge < -0.3 is 20.1 Å². The smallest absolute Gasteiger partial charge is 0.462 e. The number of hydrogen-bond donors (Lipinski definition) is 2. The van der Waals surface area contributed by atoms with Gasteiger partial charge in [-0.2, -0.15) is 0 Å². The molecular weight excluding hydrogens is 641 g/mol. The topological polar surface area (TPSA) is 134 Å². The number of rotatable bonds is 38. The van der Waals surface area contributed by atoms with Crippen LogP contribution in [-0.4, -0.2) is 49.3 Å². The van der Waals surface area contributed by atoms with Gasteiger partial charge in [-0.15, -0.1) is 0 Å². The van der Waals surface area contributed by atoms with Crippen molar-refractivity contribution >= 4 is 19.8 Å². The van der Waals surface area contributed by atoms with E-state index in [2.05, 4.69) is 26.0 Å². The lowest BCUT2D eigenvalue weighted by atomic mass is 10.0. The van der Waals surface area contributed by atoms with E-state index in [9.17, 15) is 19.0 Å². The van der Waals surface area contributed by atoms with Crippen LogP contribution in [-0.2, 0) is 32.7 Å². The third-order valence-electron chi connectivity index (χ3n) is 8.65. The number of ether oxygens (including phenoxy) is 2. The number of phosphoric acid groups is 1. The molecule has 10 heteroatoms. The van der Waals surface area contributed by atoms with E-state index in [-0.39, 0.29) is 32.6 Å². The summed E-state index contributed by atoms with van der Waals surface area (Å²) in [6.45, 7) is 3.72. The third-order valence-corrected chi connectivity index (χ3v) is 9.64. The minimum atomic E-state index is -4.37. The molecule has 3 N–H and O–H groups in total. The summed E-state index contributed by atoms with van der Waals surface area (Å²) in [6.07, 6.45) is 35.2. The summed E-state index contributed by atoms with van der Waals surface area (Å²) in [7, 11) is -4.37. The van der Waals surface area contributed by atoms with Gasteiger partial charge in [0.1, 0.15) is 6.61 Å². The lowest BCUT2D eigenvalue weighted by molar-refractivity contribution is -0.161. The molecule has 0 aliphatic heterocycles. The molecule has 1 unspecified atom stereocenters. The van der Waals surface area contributed by atoms with Crippen molar-refractivity contribution in [3.63, 3.8) is 0 Å². The fraction of sp³-hybridized carbons (Fsp3) is 0.897. The first-order valence-electron chi connectivity index (χ1n) is 20.2. The Kier molecular flexibility index (Phi) is 35.6. The molecule has 0 saturated heterocycles. The van der Waals surface area contributed by atoms with E-state index in [1.807, 2.05) is 0 Å². The molecule has 0 aromatic heterocycles. The minimum Gasteiger partial charge on any atom is -0.462 e. The van der Waals surface area contributed by atoms with Crippen molar-refractivity contribution in [2.24, 2.45) is 5.73 Å². The number of phosphoric ester groups is 1. The van der Waals surface area contributed by atoms with Crippen LogP contribution >= 0.6 is 7.82 Å². The van der Waals surface area contributed by atoms with Crippen molar-refractivity contribution in [1.82, 2.24) is 0 Å². The minimum absolute atomic E-state index is 0.0542. The van der Waals surface area contributed by atoms with Gasteiger partial charge in [0.05, 0.1) is 13.2 Å². The molecule has 0 aliphatic carbocycles. The highest BCUT2D eigenvalue weighted by molar-refractivity contribution is 7.47. The van der Waals surface area contributed by atoms with Crippen molar-refractivity contribution in [1.29, 1.82) is 0 Å². The van der Waals surface area contributed by atoms with Crippen LogP contribution in [0.5, 0.6) is 0 Å². The van der Waals surface area contributed by atoms with Crippen molar-refractivity contribution in [3.05, 3.63) is 12.2 Å². The summed E-state index contributed by atoms with van der Waals surface area (Å²) < 4.78 is 32.7. The first-order chi connectivity index (χ1) is 23.8. The predicted molar refractivity (Wildman–Crippen MR) is 201 cm³/mol. The Bertz CT molecular complexity index is 825. The van der Waals surface area contributed by atoms with E-state index in [1.165, 1.54) is 116 Å². The molecule has 9 nitrogen and oxygen atoms in total. The number of esters is 2. The highest BCUT2D eigenvalue weighted by atomic mass is 31.2. The van der Waals surface area contributed by atoms with Gasteiger partial charge in [0, 0.05) is 19.4 Å². The average molecular weight is 718 g/mol. The Labute approximate surface area is 300 Å². The van der Waals surface area contributed by atoms with E-state index in [0.717, 1.165) is 38.5 Å². The highest BCUT2D eigenvalue weighted by Crippen LogP contribution is 2.43. The molecule has 0 aliphatic rings. The molecule has 0 aromatic rings. The van der Waals surface area contributed by atoms with Gasteiger partial charge in [-0.05, 0) is 38.5 Å². The largest absolute Gasteiger partial charge is 0.472 e. The first kappa shape index (κ1) is 47.8. The zero-order valence-corrected chi connectivity index (χ0v) is 32.6. The number of carbonyl (C=O) groups is 2. The normalized spacial score (nSPS) is 13.5. The molecular formula is C39H76NO8P. The zero-order chi connectivity index (χ0) is 36.1. The molecule has 0 rings (SSSR count). The van der Waals surface area contributed by atoms with Gasteiger partial charge >= 0.3 is 19.8 Å². The number of allylic oxidation sites excluding steroid dienone is 2. The van der Waals surface area contributed by atoms with E-state index in [1.54, 1.807) is 0 Å². The van der Waals surface area contributed by atoms with E-state index < -0.39 is 32.5 Å².